The minimum atomic E-state index is -0.442. The lowest BCUT2D eigenvalue weighted by Gasteiger charge is -2.23. The van der Waals surface area contributed by atoms with E-state index in [1.807, 2.05) is 38.1 Å². The Morgan fingerprint density at radius 2 is 2.13 bits per heavy atom. The average molecular weight is 348 g/mol. The van der Waals surface area contributed by atoms with Crippen molar-refractivity contribution >= 4 is 45.7 Å². The van der Waals surface area contributed by atoms with Gasteiger partial charge in [-0.1, -0.05) is 37.3 Å². The minimum absolute atomic E-state index is 0.0986. The number of para-hydroxylation sites is 1. The molecule has 6 nitrogen and oxygen atoms in total. The zero-order valence-corrected chi connectivity index (χ0v) is 14.3. The number of carbonyl (C=O) groups excluding carboxylic acids is 2. The third kappa shape index (κ3) is 3.70. The summed E-state index contributed by atoms with van der Waals surface area (Å²) < 4.78 is 0. The molecular weight excluding hydrogens is 332 g/mol. The van der Waals surface area contributed by atoms with Gasteiger partial charge in [-0.3, -0.25) is 9.59 Å². The number of hydrogen-bond acceptors (Lipinski definition) is 6. The molecule has 0 fully saturated rings. The summed E-state index contributed by atoms with van der Waals surface area (Å²) in [6.45, 7) is 4.04. The van der Waals surface area contributed by atoms with Gasteiger partial charge in [0, 0.05) is 17.2 Å². The Morgan fingerprint density at radius 3 is 2.87 bits per heavy atom. The van der Waals surface area contributed by atoms with Crippen molar-refractivity contribution in [3.05, 3.63) is 29.3 Å². The molecule has 8 heteroatoms. The maximum absolute atomic E-state index is 12.2. The first-order chi connectivity index (χ1) is 11.0. The molecule has 1 aliphatic rings. The fourth-order valence-electron chi connectivity index (χ4n) is 2.08. The Balaban J connectivity index is 1.62. The molecule has 0 aliphatic carbocycles. The van der Waals surface area contributed by atoms with E-state index < -0.39 is 5.25 Å². The molecule has 0 saturated heterocycles. The van der Waals surface area contributed by atoms with Crippen LogP contribution in [0.25, 0.3) is 0 Å². The number of hydrogen-bond donors (Lipinski definition) is 2. The molecular formula is C15H16N4O2S2. The molecule has 3 rings (SSSR count). The predicted molar refractivity (Wildman–Crippen MR) is 92.0 cm³/mol. The van der Waals surface area contributed by atoms with Crippen LogP contribution in [0.5, 0.6) is 0 Å². The molecule has 2 heterocycles. The van der Waals surface area contributed by atoms with E-state index >= 15 is 0 Å². The molecule has 0 radical (unpaired) electrons. The molecule has 1 atom stereocenters. The lowest BCUT2D eigenvalue weighted by atomic mass is 10.2. The van der Waals surface area contributed by atoms with Crippen molar-refractivity contribution in [2.45, 2.75) is 36.3 Å². The number of nitrogens with one attached hydrogen (secondary N) is 2. The van der Waals surface area contributed by atoms with Crippen molar-refractivity contribution in [1.82, 2.24) is 10.2 Å². The van der Waals surface area contributed by atoms with E-state index in [2.05, 4.69) is 20.8 Å². The lowest BCUT2D eigenvalue weighted by Crippen LogP contribution is -2.32. The first-order valence-corrected chi connectivity index (χ1v) is 8.92. The van der Waals surface area contributed by atoms with Crippen molar-refractivity contribution in [2.75, 3.05) is 10.6 Å². The predicted octanol–water partition coefficient (Wildman–Crippen LogP) is 3.10. The van der Waals surface area contributed by atoms with E-state index in [9.17, 15) is 9.59 Å². The summed E-state index contributed by atoms with van der Waals surface area (Å²) in [6, 6.07) is 7.57. The van der Waals surface area contributed by atoms with Gasteiger partial charge in [0.2, 0.25) is 16.9 Å². The van der Waals surface area contributed by atoms with Crippen molar-refractivity contribution in [3.8, 4) is 0 Å². The number of rotatable bonds is 4. The van der Waals surface area contributed by atoms with Crippen LogP contribution in [0.4, 0.5) is 10.8 Å². The third-order valence-electron chi connectivity index (χ3n) is 3.26. The summed E-state index contributed by atoms with van der Waals surface area (Å²) in [5.74, 6) is -0.109. The highest BCUT2D eigenvalue weighted by Gasteiger charge is 2.29. The molecule has 2 N–H and O–H groups in total. The second-order valence-corrected chi connectivity index (χ2v) is 7.70. The first kappa shape index (κ1) is 15.9. The van der Waals surface area contributed by atoms with Crippen LogP contribution in [0.15, 0.2) is 29.2 Å². The maximum atomic E-state index is 12.2. The zero-order chi connectivity index (χ0) is 16.4. The topological polar surface area (TPSA) is 84.0 Å². The van der Waals surface area contributed by atoms with Crippen LogP contribution in [0.1, 0.15) is 31.2 Å². The summed E-state index contributed by atoms with van der Waals surface area (Å²) in [5.41, 5.74) is 0.796. The number of carbonyl (C=O) groups is 2. The molecule has 23 heavy (non-hydrogen) atoms. The summed E-state index contributed by atoms with van der Waals surface area (Å²) >= 11 is 2.77. The van der Waals surface area contributed by atoms with Gasteiger partial charge in [-0.15, -0.1) is 22.0 Å². The van der Waals surface area contributed by atoms with Crippen LogP contribution in [-0.2, 0) is 9.59 Å². The number of thioether (sulfide) groups is 1. The average Bonchev–Trinajstić information content (AvgIpc) is 2.96. The van der Waals surface area contributed by atoms with E-state index in [1.165, 1.54) is 23.1 Å². The van der Waals surface area contributed by atoms with Crippen molar-refractivity contribution in [3.63, 3.8) is 0 Å². The van der Waals surface area contributed by atoms with Gasteiger partial charge in [0.1, 0.15) is 5.01 Å². The molecule has 1 aliphatic heterocycles. The standard InChI is InChI=1S/C15H16N4O2S2/c1-8(2)14-18-19-15(23-14)17-12(20)7-11-13(21)16-9-5-3-4-6-10(9)22-11/h3-6,8,11H,7H2,1-2H3,(H,16,21)(H,17,19,20). The number of fused-ring (bicyclic) bond motifs is 1. The van der Waals surface area contributed by atoms with E-state index in [0.29, 0.717) is 5.13 Å². The Kier molecular flexibility index (Phi) is 4.63. The van der Waals surface area contributed by atoms with E-state index in [-0.39, 0.29) is 24.2 Å². The Labute approximate surface area is 142 Å². The summed E-state index contributed by atoms with van der Waals surface area (Å²) in [6.07, 6.45) is 0.0986. The lowest BCUT2D eigenvalue weighted by molar-refractivity contribution is -0.120. The Hall–Kier alpha value is -1.93. The molecule has 0 spiro atoms. The fraction of sp³-hybridized carbons (Fsp3) is 0.333. The molecule has 0 saturated carbocycles. The van der Waals surface area contributed by atoms with Crippen molar-refractivity contribution in [1.29, 1.82) is 0 Å². The highest BCUT2D eigenvalue weighted by Crippen LogP contribution is 2.36. The number of amides is 2. The smallest absolute Gasteiger partial charge is 0.238 e. The fourth-order valence-corrected chi connectivity index (χ4v) is 3.96. The van der Waals surface area contributed by atoms with Gasteiger partial charge in [-0.2, -0.15) is 0 Å². The van der Waals surface area contributed by atoms with Crippen LogP contribution in [-0.4, -0.2) is 27.3 Å². The van der Waals surface area contributed by atoms with Gasteiger partial charge < -0.3 is 10.6 Å². The normalized spacial score (nSPS) is 16.8. The Morgan fingerprint density at radius 1 is 1.35 bits per heavy atom. The van der Waals surface area contributed by atoms with E-state index in [4.69, 9.17) is 0 Å². The number of anilines is 2. The maximum Gasteiger partial charge on any atom is 0.238 e. The van der Waals surface area contributed by atoms with Crippen LogP contribution in [0, 0.1) is 0 Å². The second kappa shape index (κ2) is 6.67. The van der Waals surface area contributed by atoms with Crippen LogP contribution in [0.3, 0.4) is 0 Å². The summed E-state index contributed by atoms with van der Waals surface area (Å²) in [5, 5.41) is 14.4. The molecule has 0 bridgehead atoms. The first-order valence-electron chi connectivity index (χ1n) is 7.22. The summed E-state index contributed by atoms with van der Waals surface area (Å²) in [4.78, 5) is 25.2. The summed E-state index contributed by atoms with van der Waals surface area (Å²) in [7, 11) is 0. The van der Waals surface area contributed by atoms with E-state index in [1.54, 1.807) is 0 Å². The molecule has 1 aromatic heterocycles. The number of aromatic nitrogens is 2. The van der Waals surface area contributed by atoms with Crippen LogP contribution < -0.4 is 10.6 Å². The van der Waals surface area contributed by atoms with Gasteiger partial charge in [0.25, 0.3) is 0 Å². The van der Waals surface area contributed by atoms with Crippen molar-refractivity contribution in [2.24, 2.45) is 0 Å². The van der Waals surface area contributed by atoms with Gasteiger partial charge in [-0.05, 0) is 12.1 Å². The molecule has 1 unspecified atom stereocenters. The quantitative estimate of drug-likeness (QED) is 0.887. The van der Waals surface area contributed by atoms with E-state index in [0.717, 1.165) is 15.6 Å². The SMILES string of the molecule is CC(C)c1nnc(NC(=O)CC2Sc3ccccc3NC2=O)s1. The largest absolute Gasteiger partial charge is 0.324 e. The zero-order valence-electron chi connectivity index (χ0n) is 12.7. The van der Waals surface area contributed by atoms with Crippen LogP contribution in [0.2, 0.25) is 0 Å². The Bertz CT molecular complexity index is 745. The monoisotopic (exact) mass is 348 g/mol. The van der Waals surface area contributed by atoms with Crippen molar-refractivity contribution < 1.29 is 9.59 Å². The number of nitrogens with zero attached hydrogens (tertiary/aromatic N) is 2. The number of benzene rings is 1. The van der Waals surface area contributed by atoms with Gasteiger partial charge in [0.15, 0.2) is 0 Å². The van der Waals surface area contributed by atoms with Gasteiger partial charge >= 0.3 is 0 Å². The molecule has 120 valence electrons. The van der Waals surface area contributed by atoms with Gasteiger partial charge in [0.05, 0.1) is 10.9 Å². The minimum Gasteiger partial charge on any atom is -0.324 e. The second-order valence-electron chi connectivity index (χ2n) is 5.44. The van der Waals surface area contributed by atoms with Crippen LogP contribution >= 0.6 is 23.1 Å². The highest BCUT2D eigenvalue weighted by molar-refractivity contribution is 8.01. The molecule has 2 amide bonds. The highest BCUT2D eigenvalue weighted by atomic mass is 32.2. The van der Waals surface area contributed by atoms with Gasteiger partial charge in [-0.25, -0.2) is 0 Å². The molecule has 1 aromatic carbocycles. The molecule has 2 aromatic rings. The third-order valence-corrected chi connectivity index (χ3v) is 5.67.